The van der Waals surface area contributed by atoms with Gasteiger partial charge in [-0.25, -0.2) is 0 Å². The maximum atomic E-state index is 3.86. The molecule has 0 saturated carbocycles. The van der Waals surface area contributed by atoms with Gasteiger partial charge in [0.1, 0.15) is 0 Å². The van der Waals surface area contributed by atoms with Gasteiger partial charge in [-0.2, -0.15) is 0 Å². The van der Waals surface area contributed by atoms with Crippen LogP contribution in [0.2, 0.25) is 0 Å². The number of nitrogens with zero attached hydrogens (tertiary/aromatic N) is 2. The molecule has 2 unspecified atom stereocenters. The Balaban J connectivity index is 1.65. The van der Waals surface area contributed by atoms with Gasteiger partial charge < -0.3 is 15.1 Å². The molecule has 0 aromatic carbocycles. The summed E-state index contributed by atoms with van der Waals surface area (Å²) in [6.07, 6.45) is 6.86. The fourth-order valence-electron chi connectivity index (χ4n) is 3.98. The van der Waals surface area contributed by atoms with Gasteiger partial charge in [0, 0.05) is 18.6 Å². The summed E-state index contributed by atoms with van der Waals surface area (Å²) in [5.74, 6) is 0.879. The van der Waals surface area contributed by atoms with E-state index in [2.05, 4.69) is 35.9 Å². The first-order valence-electron chi connectivity index (χ1n) is 8.89. The summed E-state index contributed by atoms with van der Waals surface area (Å²) < 4.78 is 0. The number of hydrogen-bond donors (Lipinski definition) is 1. The standard InChI is InChI=1S/C17H35N3/c1-4-9-19-12-7-17(8-13-19)16(3)18-15(2)14-20-10-5-6-11-20/h15-18H,4-14H2,1-3H3. The zero-order valence-electron chi connectivity index (χ0n) is 13.9. The van der Waals surface area contributed by atoms with Crippen LogP contribution in [0, 0.1) is 5.92 Å². The molecule has 2 aliphatic rings. The lowest BCUT2D eigenvalue weighted by molar-refractivity contribution is 0.155. The van der Waals surface area contributed by atoms with Crippen LogP contribution in [0.3, 0.4) is 0 Å². The number of rotatable bonds is 7. The van der Waals surface area contributed by atoms with E-state index in [1.807, 2.05) is 0 Å². The van der Waals surface area contributed by atoms with E-state index in [-0.39, 0.29) is 0 Å². The normalized spacial score (nSPS) is 25.9. The summed E-state index contributed by atoms with van der Waals surface area (Å²) in [7, 11) is 0. The summed E-state index contributed by atoms with van der Waals surface area (Å²) in [5.41, 5.74) is 0. The Morgan fingerprint density at radius 2 is 1.65 bits per heavy atom. The van der Waals surface area contributed by atoms with Crippen molar-refractivity contribution < 1.29 is 0 Å². The van der Waals surface area contributed by atoms with Gasteiger partial charge in [-0.3, -0.25) is 0 Å². The molecule has 2 aliphatic heterocycles. The fraction of sp³-hybridized carbons (Fsp3) is 1.00. The molecule has 0 aliphatic carbocycles. The van der Waals surface area contributed by atoms with Gasteiger partial charge in [-0.15, -0.1) is 0 Å². The third-order valence-corrected chi connectivity index (χ3v) is 5.16. The van der Waals surface area contributed by atoms with E-state index >= 15 is 0 Å². The van der Waals surface area contributed by atoms with Crippen molar-refractivity contribution in [1.29, 1.82) is 0 Å². The van der Waals surface area contributed by atoms with Crippen molar-refractivity contribution in [2.75, 3.05) is 39.3 Å². The van der Waals surface area contributed by atoms with Crippen molar-refractivity contribution in [3.63, 3.8) is 0 Å². The van der Waals surface area contributed by atoms with E-state index in [1.165, 1.54) is 71.4 Å². The second-order valence-corrected chi connectivity index (χ2v) is 7.04. The van der Waals surface area contributed by atoms with Crippen molar-refractivity contribution in [3.05, 3.63) is 0 Å². The molecule has 0 spiro atoms. The Morgan fingerprint density at radius 3 is 2.25 bits per heavy atom. The van der Waals surface area contributed by atoms with Crippen molar-refractivity contribution in [2.45, 2.75) is 65.0 Å². The molecule has 0 aromatic heterocycles. The lowest BCUT2D eigenvalue weighted by Gasteiger charge is -2.36. The van der Waals surface area contributed by atoms with Crippen LogP contribution in [0.25, 0.3) is 0 Å². The number of nitrogens with one attached hydrogen (secondary N) is 1. The molecule has 1 N–H and O–H groups in total. The Bertz CT molecular complexity index is 255. The third kappa shape index (κ3) is 5.01. The minimum atomic E-state index is 0.636. The molecular formula is C17H35N3. The Hall–Kier alpha value is -0.120. The van der Waals surface area contributed by atoms with Crippen LogP contribution >= 0.6 is 0 Å². The van der Waals surface area contributed by atoms with Gasteiger partial charge in [0.25, 0.3) is 0 Å². The van der Waals surface area contributed by atoms with E-state index in [1.54, 1.807) is 0 Å². The van der Waals surface area contributed by atoms with E-state index < -0.39 is 0 Å². The molecule has 20 heavy (non-hydrogen) atoms. The molecule has 2 saturated heterocycles. The second-order valence-electron chi connectivity index (χ2n) is 7.04. The molecule has 2 heterocycles. The lowest BCUT2D eigenvalue weighted by atomic mass is 9.90. The van der Waals surface area contributed by atoms with Gasteiger partial charge in [0.2, 0.25) is 0 Å². The van der Waals surface area contributed by atoms with Crippen LogP contribution < -0.4 is 5.32 Å². The average Bonchev–Trinajstić information content (AvgIpc) is 2.92. The van der Waals surface area contributed by atoms with Crippen LogP contribution in [0.1, 0.15) is 52.9 Å². The molecule has 3 heteroatoms. The summed E-state index contributed by atoms with van der Waals surface area (Å²) >= 11 is 0. The van der Waals surface area contributed by atoms with Gasteiger partial charge in [0.05, 0.1) is 0 Å². The molecule has 0 amide bonds. The van der Waals surface area contributed by atoms with Gasteiger partial charge >= 0.3 is 0 Å². The lowest BCUT2D eigenvalue weighted by Crippen LogP contribution is -2.47. The Kier molecular flexibility index (Phi) is 6.79. The first kappa shape index (κ1) is 16.3. The zero-order valence-corrected chi connectivity index (χ0v) is 13.9. The molecule has 0 aromatic rings. The molecule has 0 radical (unpaired) electrons. The van der Waals surface area contributed by atoms with Crippen LogP contribution in [-0.2, 0) is 0 Å². The molecule has 2 fully saturated rings. The van der Waals surface area contributed by atoms with Gasteiger partial charge in [0.15, 0.2) is 0 Å². The smallest absolute Gasteiger partial charge is 0.0169 e. The largest absolute Gasteiger partial charge is 0.310 e. The summed E-state index contributed by atoms with van der Waals surface area (Å²) in [5, 5.41) is 3.86. The van der Waals surface area contributed by atoms with E-state index in [0.717, 1.165) is 5.92 Å². The van der Waals surface area contributed by atoms with Crippen LogP contribution in [0.5, 0.6) is 0 Å². The van der Waals surface area contributed by atoms with E-state index in [4.69, 9.17) is 0 Å². The average molecular weight is 281 g/mol. The molecule has 2 atom stereocenters. The van der Waals surface area contributed by atoms with E-state index in [9.17, 15) is 0 Å². The van der Waals surface area contributed by atoms with Crippen molar-refractivity contribution in [1.82, 2.24) is 15.1 Å². The third-order valence-electron chi connectivity index (χ3n) is 5.16. The topological polar surface area (TPSA) is 18.5 Å². The molecular weight excluding hydrogens is 246 g/mol. The highest BCUT2D eigenvalue weighted by Crippen LogP contribution is 2.21. The molecule has 118 valence electrons. The zero-order chi connectivity index (χ0) is 14.4. The summed E-state index contributed by atoms with van der Waals surface area (Å²) in [6.45, 7) is 14.8. The van der Waals surface area contributed by atoms with E-state index in [0.29, 0.717) is 12.1 Å². The van der Waals surface area contributed by atoms with Crippen LogP contribution in [0.15, 0.2) is 0 Å². The number of hydrogen-bond acceptors (Lipinski definition) is 3. The highest BCUT2D eigenvalue weighted by molar-refractivity contribution is 4.82. The second kappa shape index (κ2) is 8.35. The van der Waals surface area contributed by atoms with Crippen molar-refractivity contribution in [2.24, 2.45) is 5.92 Å². The summed E-state index contributed by atoms with van der Waals surface area (Å²) in [6, 6.07) is 1.31. The van der Waals surface area contributed by atoms with Crippen LogP contribution in [0.4, 0.5) is 0 Å². The first-order chi connectivity index (χ1) is 9.69. The Morgan fingerprint density at radius 1 is 1.00 bits per heavy atom. The summed E-state index contributed by atoms with van der Waals surface area (Å²) in [4.78, 5) is 5.26. The minimum Gasteiger partial charge on any atom is -0.310 e. The predicted molar refractivity (Wildman–Crippen MR) is 87.2 cm³/mol. The van der Waals surface area contributed by atoms with Crippen molar-refractivity contribution >= 4 is 0 Å². The number of piperidine rings is 1. The van der Waals surface area contributed by atoms with Crippen molar-refractivity contribution in [3.8, 4) is 0 Å². The predicted octanol–water partition coefficient (Wildman–Crippen LogP) is 2.57. The SMILES string of the molecule is CCCN1CCC(C(C)NC(C)CN2CCCC2)CC1. The monoisotopic (exact) mass is 281 g/mol. The van der Waals surface area contributed by atoms with Gasteiger partial charge in [-0.05, 0) is 84.6 Å². The fourth-order valence-corrected chi connectivity index (χ4v) is 3.98. The highest BCUT2D eigenvalue weighted by atomic mass is 15.2. The Labute approximate surface area is 126 Å². The first-order valence-corrected chi connectivity index (χ1v) is 8.89. The van der Waals surface area contributed by atoms with Crippen LogP contribution in [-0.4, -0.2) is 61.2 Å². The maximum Gasteiger partial charge on any atom is 0.0169 e. The van der Waals surface area contributed by atoms with Gasteiger partial charge in [-0.1, -0.05) is 6.92 Å². The highest BCUT2D eigenvalue weighted by Gasteiger charge is 2.24. The number of likely N-dealkylation sites (tertiary alicyclic amines) is 2. The minimum absolute atomic E-state index is 0.636. The molecule has 3 nitrogen and oxygen atoms in total. The quantitative estimate of drug-likeness (QED) is 0.774. The molecule has 2 rings (SSSR count). The molecule has 0 bridgehead atoms. The maximum absolute atomic E-state index is 3.86.